The maximum Gasteiger partial charge on any atom is 0.321 e. The van der Waals surface area contributed by atoms with Gasteiger partial charge < -0.3 is 20.5 Å². The summed E-state index contributed by atoms with van der Waals surface area (Å²) in [5.41, 5.74) is 4.60. The van der Waals surface area contributed by atoms with Crippen molar-refractivity contribution in [1.82, 2.24) is 14.9 Å². The number of benzene rings is 2. The van der Waals surface area contributed by atoms with Crippen molar-refractivity contribution < 1.29 is 9.59 Å². The average Bonchev–Trinajstić information content (AvgIpc) is 3.03. The van der Waals surface area contributed by atoms with Gasteiger partial charge in [0.15, 0.2) is 0 Å². The van der Waals surface area contributed by atoms with Gasteiger partial charge in [-0.15, -0.1) is 0 Å². The number of carbonyl (C=O) groups excluding carboxylic acids is 2. The fraction of sp³-hybridized carbons (Fsp3) is 0.118. The van der Waals surface area contributed by atoms with Crippen LogP contribution in [-0.2, 0) is 6.54 Å². The molecule has 24 heavy (non-hydrogen) atoms. The normalized spacial score (nSPS) is 13.5. The highest BCUT2D eigenvalue weighted by atomic mass is 16.2. The van der Waals surface area contributed by atoms with E-state index in [-0.39, 0.29) is 11.9 Å². The maximum atomic E-state index is 12.4. The van der Waals surface area contributed by atoms with Crippen LogP contribution in [0.25, 0.3) is 11.0 Å². The van der Waals surface area contributed by atoms with Gasteiger partial charge in [0.05, 0.1) is 17.4 Å². The number of hydrogen-bond acceptors (Lipinski definition) is 3. The van der Waals surface area contributed by atoms with Gasteiger partial charge in [-0.1, -0.05) is 0 Å². The largest absolute Gasteiger partial charge is 0.345 e. The van der Waals surface area contributed by atoms with Gasteiger partial charge >= 0.3 is 6.03 Å². The second-order valence-corrected chi connectivity index (χ2v) is 5.75. The Labute approximate surface area is 137 Å². The van der Waals surface area contributed by atoms with Crippen molar-refractivity contribution in [2.45, 2.75) is 6.54 Å². The number of nitrogens with one attached hydrogen (secondary N) is 3. The summed E-state index contributed by atoms with van der Waals surface area (Å²) in [7, 11) is 1.73. The molecule has 1 aliphatic rings. The molecule has 7 nitrogen and oxygen atoms in total. The fourth-order valence-corrected chi connectivity index (χ4v) is 2.74. The molecule has 3 N–H and O–H groups in total. The lowest BCUT2D eigenvalue weighted by Crippen LogP contribution is -2.35. The summed E-state index contributed by atoms with van der Waals surface area (Å²) in [6.45, 7) is 0.505. The molecule has 0 saturated heterocycles. The van der Waals surface area contributed by atoms with Crippen molar-refractivity contribution in [2.24, 2.45) is 0 Å². The third-order valence-electron chi connectivity index (χ3n) is 4.04. The highest BCUT2D eigenvalue weighted by Crippen LogP contribution is 2.26. The van der Waals surface area contributed by atoms with E-state index < -0.39 is 0 Å². The second-order valence-electron chi connectivity index (χ2n) is 5.75. The number of H-pyrrole nitrogens is 1. The Morgan fingerprint density at radius 2 is 2.12 bits per heavy atom. The number of aromatic nitrogens is 2. The Balaban J connectivity index is 1.57. The molecular formula is C17H15N5O2. The fourth-order valence-electron chi connectivity index (χ4n) is 2.74. The van der Waals surface area contributed by atoms with Crippen LogP contribution in [0.1, 0.15) is 15.9 Å². The predicted molar refractivity (Wildman–Crippen MR) is 91.0 cm³/mol. The predicted octanol–water partition coefficient (Wildman–Crippen LogP) is 2.79. The molecule has 0 bridgehead atoms. The Bertz CT molecular complexity index is 963. The van der Waals surface area contributed by atoms with Crippen LogP contribution in [-0.4, -0.2) is 33.9 Å². The van der Waals surface area contributed by atoms with E-state index in [1.807, 2.05) is 6.07 Å². The SMILES string of the molecule is CN1Cc2cc(NC(=O)c3ccc4nc[nH]c4c3)ccc2NC1=O. The Kier molecular flexibility index (Phi) is 3.19. The van der Waals surface area contributed by atoms with E-state index in [9.17, 15) is 9.59 Å². The molecule has 2 heterocycles. The number of rotatable bonds is 2. The summed E-state index contributed by atoms with van der Waals surface area (Å²) in [6, 6.07) is 10.6. The van der Waals surface area contributed by atoms with Crippen LogP contribution in [0.5, 0.6) is 0 Å². The summed E-state index contributed by atoms with van der Waals surface area (Å²) in [5, 5.41) is 5.69. The number of aromatic amines is 1. The van der Waals surface area contributed by atoms with E-state index in [1.54, 1.807) is 48.6 Å². The molecule has 4 rings (SSSR count). The van der Waals surface area contributed by atoms with E-state index >= 15 is 0 Å². The molecule has 120 valence electrons. The first-order valence-corrected chi connectivity index (χ1v) is 7.50. The number of anilines is 2. The van der Waals surface area contributed by atoms with Crippen LogP contribution in [0.2, 0.25) is 0 Å². The average molecular weight is 321 g/mol. The number of amides is 3. The topological polar surface area (TPSA) is 90.1 Å². The summed E-state index contributed by atoms with van der Waals surface area (Å²) in [5.74, 6) is -0.195. The third-order valence-corrected chi connectivity index (χ3v) is 4.04. The van der Waals surface area contributed by atoms with Gasteiger partial charge in [-0.25, -0.2) is 9.78 Å². The first kappa shape index (κ1) is 14.3. The van der Waals surface area contributed by atoms with Crippen LogP contribution in [0.15, 0.2) is 42.7 Å². The summed E-state index contributed by atoms with van der Waals surface area (Å²) in [6.07, 6.45) is 1.60. The monoisotopic (exact) mass is 321 g/mol. The van der Waals surface area contributed by atoms with Gasteiger partial charge in [-0.3, -0.25) is 4.79 Å². The molecule has 0 saturated carbocycles. The Morgan fingerprint density at radius 3 is 3.00 bits per heavy atom. The molecule has 1 aromatic heterocycles. The van der Waals surface area contributed by atoms with E-state index in [1.165, 1.54) is 0 Å². The van der Waals surface area contributed by atoms with Crippen molar-refractivity contribution in [1.29, 1.82) is 0 Å². The van der Waals surface area contributed by atoms with Crippen LogP contribution in [0, 0.1) is 0 Å². The first-order valence-electron chi connectivity index (χ1n) is 7.50. The molecule has 3 aromatic rings. The molecule has 7 heteroatoms. The lowest BCUT2D eigenvalue weighted by atomic mass is 10.1. The van der Waals surface area contributed by atoms with Crippen LogP contribution < -0.4 is 10.6 Å². The summed E-state index contributed by atoms with van der Waals surface area (Å²) < 4.78 is 0. The quantitative estimate of drug-likeness (QED) is 0.678. The standard InChI is InChI=1S/C17H15N5O2/c1-22-8-11-6-12(3-5-13(11)21-17(22)24)20-16(23)10-2-4-14-15(7-10)19-9-18-14/h2-7,9H,8H2,1H3,(H,18,19)(H,20,23)(H,21,24). The van der Waals surface area contributed by atoms with Crippen molar-refractivity contribution >= 4 is 34.3 Å². The molecule has 0 aliphatic carbocycles. The molecule has 0 atom stereocenters. The van der Waals surface area contributed by atoms with Gasteiger partial charge in [0.25, 0.3) is 5.91 Å². The second kappa shape index (κ2) is 5.38. The van der Waals surface area contributed by atoms with Crippen molar-refractivity contribution in [3.05, 3.63) is 53.9 Å². The Morgan fingerprint density at radius 1 is 1.25 bits per heavy atom. The van der Waals surface area contributed by atoms with Crippen molar-refractivity contribution in [3.8, 4) is 0 Å². The molecule has 0 spiro atoms. The minimum absolute atomic E-state index is 0.132. The van der Waals surface area contributed by atoms with E-state index in [0.717, 1.165) is 22.3 Å². The minimum Gasteiger partial charge on any atom is -0.345 e. The number of fused-ring (bicyclic) bond motifs is 2. The molecular weight excluding hydrogens is 306 g/mol. The summed E-state index contributed by atoms with van der Waals surface area (Å²) in [4.78, 5) is 32.8. The van der Waals surface area contributed by atoms with E-state index in [0.29, 0.717) is 17.8 Å². The zero-order valence-electron chi connectivity index (χ0n) is 13.0. The number of imidazole rings is 1. The molecule has 3 amide bonds. The first-order chi connectivity index (χ1) is 11.6. The number of carbonyl (C=O) groups is 2. The van der Waals surface area contributed by atoms with Crippen molar-refractivity contribution in [3.63, 3.8) is 0 Å². The smallest absolute Gasteiger partial charge is 0.321 e. The maximum absolute atomic E-state index is 12.4. The lowest BCUT2D eigenvalue weighted by Gasteiger charge is -2.26. The minimum atomic E-state index is -0.195. The van der Waals surface area contributed by atoms with E-state index in [4.69, 9.17) is 0 Å². The number of urea groups is 1. The van der Waals surface area contributed by atoms with Gasteiger partial charge in [-0.2, -0.15) is 0 Å². The van der Waals surface area contributed by atoms with Crippen LogP contribution in [0.3, 0.4) is 0 Å². The molecule has 0 unspecified atom stereocenters. The zero-order chi connectivity index (χ0) is 16.7. The third kappa shape index (κ3) is 2.45. The number of hydrogen-bond donors (Lipinski definition) is 3. The van der Waals surface area contributed by atoms with Gasteiger partial charge in [0, 0.05) is 30.5 Å². The number of nitrogens with zero attached hydrogens (tertiary/aromatic N) is 2. The molecule has 2 aromatic carbocycles. The molecule has 1 aliphatic heterocycles. The Hall–Kier alpha value is -3.35. The molecule has 0 fully saturated rings. The highest BCUT2D eigenvalue weighted by molar-refractivity contribution is 6.06. The van der Waals surface area contributed by atoms with Crippen LogP contribution >= 0.6 is 0 Å². The summed E-state index contributed by atoms with van der Waals surface area (Å²) >= 11 is 0. The van der Waals surface area contributed by atoms with Gasteiger partial charge in [0.2, 0.25) is 0 Å². The lowest BCUT2D eigenvalue weighted by molar-refractivity contribution is 0.102. The van der Waals surface area contributed by atoms with Crippen LogP contribution in [0.4, 0.5) is 16.2 Å². The zero-order valence-corrected chi connectivity index (χ0v) is 13.0. The van der Waals surface area contributed by atoms with E-state index in [2.05, 4.69) is 20.6 Å². The highest BCUT2D eigenvalue weighted by Gasteiger charge is 2.19. The molecule has 0 radical (unpaired) electrons. The van der Waals surface area contributed by atoms with Crippen molar-refractivity contribution in [2.75, 3.05) is 17.7 Å². The van der Waals surface area contributed by atoms with Gasteiger partial charge in [-0.05, 0) is 42.0 Å². The van der Waals surface area contributed by atoms with Gasteiger partial charge in [0.1, 0.15) is 0 Å².